The molecule has 2 nitrogen and oxygen atoms in total. The molecule has 0 amide bonds. The Morgan fingerprint density at radius 3 is 2.25 bits per heavy atom. The summed E-state index contributed by atoms with van der Waals surface area (Å²) in [5.74, 6) is 0.592. The first kappa shape index (κ1) is 12.4. The molecule has 0 N–H and O–H groups in total. The van der Waals surface area contributed by atoms with E-state index < -0.39 is 0 Å². The zero-order chi connectivity index (χ0) is 13.9. The Kier molecular flexibility index (Phi) is 3.21. The summed E-state index contributed by atoms with van der Waals surface area (Å²) in [4.78, 5) is 11.8. The Balaban J connectivity index is 2.15. The van der Waals surface area contributed by atoms with Crippen LogP contribution in [0.3, 0.4) is 0 Å². The molecule has 0 bridgehead atoms. The molecule has 2 aromatic carbocycles. The Morgan fingerprint density at radius 2 is 1.50 bits per heavy atom. The molecule has 3 aromatic rings. The Hall–Kier alpha value is -2.61. The van der Waals surface area contributed by atoms with Crippen LogP contribution in [0.1, 0.15) is 5.56 Å². The lowest BCUT2D eigenvalue weighted by Crippen LogP contribution is -1.98. The summed E-state index contributed by atoms with van der Waals surface area (Å²) < 4.78 is 5.30. The van der Waals surface area contributed by atoms with Gasteiger partial charge >= 0.3 is 5.63 Å². The van der Waals surface area contributed by atoms with Crippen LogP contribution in [0, 0.1) is 6.92 Å². The zero-order valence-corrected chi connectivity index (χ0v) is 11.2. The Labute approximate surface area is 117 Å². The summed E-state index contributed by atoms with van der Waals surface area (Å²) in [6.07, 6.45) is 0. The van der Waals surface area contributed by atoms with Crippen molar-refractivity contribution in [3.8, 4) is 22.5 Å². The fraction of sp³-hybridized carbons (Fsp3) is 0.0556. The molecule has 20 heavy (non-hydrogen) atoms. The third-order valence-electron chi connectivity index (χ3n) is 3.18. The molecule has 0 aliphatic heterocycles. The summed E-state index contributed by atoms with van der Waals surface area (Å²) in [6, 6.07) is 21.2. The maximum Gasteiger partial charge on any atom is 0.336 e. The maximum absolute atomic E-state index is 11.8. The zero-order valence-electron chi connectivity index (χ0n) is 11.2. The van der Waals surface area contributed by atoms with Crippen LogP contribution in [0.5, 0.6) is 0 Å². The normalized spacial score (nSPS) is 10.4. The van der Waals surface area contributed by atoms with Gasteiger partial charge in [-0.05, 0) is 24.1 Å². The highest BCUT2D eigenvalue weighted by Crippen LogP contribution is 2.25. The standard InChI is InChI=1S/C18H14O2/c1-13-6-5-9-15(10-13)16-11-17(20-18(19)12-16)14-7-3-2-4-8-14/h2-12H,1H3. The molecule has 0 aliphatic carbocycles. The van der Waals surface area contributed by atoms with Crippen LogP contribution in [0.25, 0.3) is 22.5 Å². The van der Waals surface area contributed by atoms with Gasteiger partial charge in [-0.1, -0.05) is 60.2 Å². The second-order valence-electron chi connectivity index (χ2n) is 4.76. The Morgan fingerprint density at radius 1 is 0.750 bits per heavy atom. The van der Waals surface area contributed by atoms with Gasteiger partial charge in [0.05, 0.1) is 0 Å². The number of aryl methyl sites for hydroxylation is 1. The van der Waals surface area contributed by atoms with Gasteiger partial charge in [0, 0.05) is 11.6 Å². The first-order valence-electron chi connectivity index (χ1n) is 6.50. The summed E-state index contributed by atoms with van der Waals surface area (Å²) in [5, 5.41) is 0. The number of hydrogen-bond donors (Lipinski definition) is 0. The molecule has 0 spiro atoms. The van der Waals surface area contributed by atoms with E-state index in [0.717, 1.165) is 22.3 Å². The van der Waals surface area contributed by atoms with Gasteiger partial charge < -0.3 is 4.42 Å². The molecule has 98 valence electrons. The second kappa shape index (κ2) is 5.17. The highest BCUT2D eigenvalue weighted by Gasteiger charge is 2.06. The van der Waals surface area contributed by atoms with Crippen molar-refractivity contribution in [2.24, 2.45) is 0 Å². The SMILES string of the molecule is Cc1cccc(-c2cc(-c3ccccc3)oc(=O)c2)c1. The van der Waals surface area contributed by atoms with Crippen LogP contribution in [-0.4, -0.2) is 0 Å². The van der Waals surface area contributed by atoms with E-state index >= 15 is 0 Å². The van der Waals surface area contributed by atoms with Gasteiger partial charge in [-0.3, -0.25) is 0 Å². The summed E-state index contributed by atoms with van der Waals surface area (Å²) in [6.45, 7) is 2.03. The lowest BCUT2D eigenvalue weighted by molar-refractivity contribution is 0.526. The van der Waals surface area contributed by atoms with E-state index in [-0.39, 0.29) is 5.63 Å². The van der Waals surface area contributed by atoms with Crippen molar-refractivity contribution < 1.29 is 4.42 Å². The molecule has 0 radical (unpaired) electrons. The summed E-state index contributed by atoms with van der Waals surface area (Å²) in [5.41, 5.74) is 3.64. The van der Waals surface area contributed by atoms with Crippen molar-refractivity contribution >= 4 is 0 Å². The number of rotatable bonds is 2. The van der Waals surface area contributed by atoms with Crippen LogP contribution in [-0.2, 0) is 0 Å². The van der Waals surface area contributed by atoms with Gasteiger partial charge in [-0.25, -0.2) is 4.79 Å². The van der Waals surface area contributed by atoms with E-state index in [1.165, 1.54) is 6.07 Å². The minimum absolute atomic E-state index is 0.331. The fourth-order valence-electron chi connectivity index (χ4n) is 2.21. The van der Waals surface area contributed by atoms with Gasteiger partial charge in [0.2, 0.25) is 0 Å². The molecule has 2 heteroatoms. The minimum Gasteiger partial charge on any atom is -0.423 e. The number of benzene rings is 2. The average molecular weight is 262 g/mol. The van der Waals surface area contributed by atoms with Gasteiger partial charge in [0.1, 0.15) is 5.76 Å². The highest BCUT2D eigenvalue weighted by molar-refractivity contribution is 5.69. The van der Waals surface area contributed by atoms with Crippen molar-refractivity contribution in [2.45, 2.75) is 6.92 Å². The minimum atomic E-state index is -0.331. The van der Waals surface area contributed by atoms with Gasteiger partial charge in [-0.2, -0.15) is 0 Å². The predicted octanol–water partition coefficient (Wildman–Crippen LogP) is 4.28. The van der Waals surface area contributed by atoms with E-state index in [0.29, 0.717) is 5.76 Å². The lowest BCUT2D eigenvalue weighted by atomic mass is 10.0. The van der Waals surface area contributed by atoms with Crippen molar-refractivity contribution in [3.05, 3.63) is 82.7 Å². The monoisotopic (exact) mass is 262 g/mol. The molecule has 0 fully saturated rings. The van der Waals surface area contributed by atoms with E-state index in [9.17, 15) is 4.79 Å². The third kappa shape index (κ3) is 2.54. The van der Waals surface area contributed by atoms with Gasteiger partial charge in [0.15, 0.2) is 0 Å². The quantitative estimate of drug-likeness (QED) is 0.690. The largest absolute Gasteiger partial charge is 0.423 e. The second-order valence-corrected chi connectivity index (χ2v) is 4.76. The van der Waals surface area contributed by atoms with E-state index in [2.05, 4.69) is 6.07 Å². The fourth-order valence-corrected chi connectivity index (χ4v) is 2.21. The van der Waals surface area contributed by atoms with Crippen molar-refractivity contribution in [2.75, 3.05) is 0 Å². The molecule has 0 saturated carbocycles. The van der Waals surface area contributed by atoms with Crippen LogP contribution in [0.2, 0.25) is 0 Å². The smallest absolute Gasteiger partial charge is 0.336 e. The third-order valence-corrected chi connectivity index (χ3v) is 3.18. The lowest BCUT2D eigenvalue weighted by Gasteiger charge is -2.05. The molecule has 0 saturated heterocycles. The predicted molar refractivity (Wildman–Crippen MR) is 80.6 cm³/mol. The van der Waals surface area contributed by atoms with Crippen molar-refractivity contribution in [1.82, 2.24) is 0 Å². The molecule has 0 atom stereocenters. The molecular weight excluding hydrogens is 248 g/mol. The van der Waals surface area contributed by atoms with E-state index in [4.69, 9.17) is 4.42 Å². The molecular formula is C18H14O2. The van der Waals surface area contributed by atoms with Gasteiger partial charge in [-0.15, -0.1) is 0 Å². The molecule has 1 heterocycles. The van der Waals surface area contributed by atoms with Crippen LogP contribution < -0.4 is 5.63 Å². The van der Waals surface area contributed by atoms with E-state index in [1.54, 1.807) is 0 Å². The summed E-state index contributed by atoms with van der Waals surface area (Å²) in [7, 11) is 0. The van der Waals surface area contributed by atoms with Crippen molar-refractivity contribution in [3.63, 3.8) is 0 Å². The first-order chi connectivity index (χ1) is 9.72. The van der Waals surface area contributed by atoms with Crippen LogP contribution in [0.4, 0.5) is 0 Å². The number of hydrogen-bond acceptors (Lipinski definition) is 2. The molecule has 0 aliphatic rings. The maximum atomic E-state index is 11.8. The van der Waals surface area contributed by atoms with Crippen LogP contribution in [0.15, 0.2) is 75.9 Å². The highest BCUT2D eigenvalue weighted by atomic mass is 16.4. The molecule has 1 aromatic heterocycles. The average Bonchev–Trinajstić information content (AvgIpc) is 2.47. The summed E-state index contributed by atoms with van der Waals surface area (Å²) >= 11 is 0. The van der Waals surface area contributed by atoms with E-state index in [1.807, 2.05) is 61.5 Å². The first-order valence-corrected chi connectivity index (χ1v) is 6.50. The van der Waals surface area contributed by atoms with Gasteiger partial charge in [0.25, 0.3) is 0 Å². The topological polar surface area (TPSA) is 30.2 Å². The van der Waals surface area contributed by atoms with Crippen molar-refractivity contribution in [1.29, 1.82) is 0 Å². The molecule has 0 unspecified atom stereocenters. The van der Waals surface area contributed by atoms with Crippen LogP contribution >= 0.6 is 0 Å². The molecule has 3 rings (SSSR count). The Bertz CT molecular complexity index is 786.